The van der Waals surface area contributed by atoms with Crippen molar-refractivity contribution in [2.24, 2.45) is 0 Å². The number of aromatic nitrogens is 2. The first-order valence-electron chi connectivity index (χ1n) is 9.19. The van der Waals surface area contributed by atoms with E-state index in [9.17, 15) is 4.79 Å². The number of fused-ring (bicyclic) bond motifs is 1. The summed E-state index contributed by atoms with van der Waals surface area (Å²) in [5, 5.41) is 5.74. The summed E-state index contributed by atoms with van der Waals surface area (Å²) in [7, 11) is 0. The van der Waals surface area contributed by atoms with E-state index in [1.165, 1.54) is 0 Å². The van der Waals surface area contributed by atoms with Crippen molar-refractivity contribution in [3.8, 4) is 17.0 Å². The number of amides is 2. The number of hydrogen-bond donors (Lipinski definition) is 2. The number of nitrogens with zero attached hydrogens (tertiary/aromatic N) is 2. The van der Waals surface area contributed by atoms with Crippen LogP contribution in [0.4, 0.5) is 16.2 Å². The van der Waals surface area contributed by atoms with E-state index in [1.54, 1.807) is 0 Å². The van der Waals surface area contributed by atoms with Gasteiger partial charge in [-0.15, -0.1) is 0 Å². The molecule has 6 nitrogen and oxygen atoms in total. The highest BCUT2D eigenvalue weighted by Gasteiger charge is 2.17. The number of rotatable bonds is 5. The molecule has 0 radical (unpaired) electrons. The van der Waals surface area contributed by atoms with Crippen LogP contribution in [-0.4, -0.2) is 22.2 Å². The summed E-state index contributed by atoms with van der Waals surface area (Å²) in [4.78, 5) is 16.9. The summed E-state index contributed by atoms with van der Waals surface area (Å²) >= 11 is 0. The predicted molar refractivity (Wildman–Crippen MR) is 106 cm³/mol. The number of benzene rings is 2. The quantitative estimate of drug-likeness (QED) is 0.700. The van der Waals surface area contributed by atoms with Gasteiger partial charge in [0.05, 0.1) is 24.2 Å². The summed E-state index contributed by atoms with van der Waals surface area (Å²) in [6.45, 7) is 3.45. The van der Waals surface area contributed by atoms with Crippen LogP contribution in [0.15, 0.2) is 54.7 Å². The van der Waals surface area contributed by atoms with E-state index in [0.29, 0.717) is 18.0 Å². The van der Waals surface area contributed by atoms with Gasteiger partial charge in [-0.05, 0) is 37.6 Å². The zero-order valence-electron chi connectivity index (χ0n) is 15.2. The second-order valence-electron chi connectivity index (χ2n) is 6.40. The minimum atomic E-state index is -0.308. The second-order valence-corrected chi connectivity index (χ2v) is 6.40. The molecule has 1 aliphatic rings. The van der Waals surface area contributed by atoms with Gasteiger partial charge in [-0.1, -0.05) is 24.3 Å². The molecule has 0 saturated carbocycles. The number of carbonyl (C=O) groups is 1. The van der Waals surface area contributed by atoms with Crippen molar-refractivity contribution in [2.45, 2.75) is 26.3 Å². The van der Waals surface area contributed by atoms with Gasteiger partial charge in [0.25, 0.3) is 0 Å². The number of anilines is 2. The van der Waals surface area contributed by atoms with E-state index in [-0.39, 0.29) is 6.03 Å². The normalized spacial score (nSPS) is 12.5. The summed E-state index contributed by atoms with van der Waals surface area (Å²) in [6, 6.07) is 14.9. The number of aryl methyl sites for hydroxylation is 1. The first-order valence-corrected chi connectivity index (χ1v) is 9.19. The molecule has 0 spiro atoms. The van der Waals surface area contributed by atoms with Crippen LogP contribution in [0.1, 0.15) is 19.2 Å². The van der Waals surface area contributed by atoms with Crippen LogP contribution in [0.25, 0.3) is 11.3 Å². The Morgan fingerprint density at radius 2 is 2.07 bits per heavy atom. The van der Waals surface area contributed by atoms with Gasteiger partial charge in [0.15, 0.2) is 0 Å². The summed E-state index contributed by atoms with van der Waals surface area (Å²) in [6.07, 6.45) is 4.07. The third-order valence-electron chi connectivity index (χ3n) is 4.57. The Morgan fingerprint density at radius 3 is 2.96 bits per heavy atom. The number of carbonyl (C=O) groups excluding carboxylic acids is 1. The predicted octanol–water partition coefficient (Wildman–Crippen LogP) is 4.54. The number of nitrogens with one attached hydrogen (secondary N) is 2. The van der Waals surface area contributed by atoms with Gasteiger partial charge in [-0.2, -0.15) is 0 Å². The highest BCUT2D eigenvalue weighted by Crippen LogP contribution is 2.28. The van der Waals surface area contributed by atoms with Gasteiger partial charge in [0.1, 0.15) is 11.6 Å². The SMILES string of the molecule is CCOc1ccccc1NC(=O)Nc1cccc(-c2cnc3n2CCC3)c1. The molecular weight excluding hydrogens is 340 g/mol. The largest absolute Gasteiger partial charge is 0.492 e. The van der Waals surface area contributed by atoms with Crippen molar-refractivity contribution >= 4 is 17.4 Å². The van der Waals surface area contributed by atoms with E-state index in [0.717, 1.165) is 42.2 Å². The monoisotopic (exact) mass is 362 g/mol. The molecule has 4 rings (SSSR count). The van der Waals surface area contributed by atoms with Crippen LogP contribution in [-0.2, 0) is 13.0 Å². The summed E-state index contributed by atoms with van der Waals surface area (Å²) in [5.74, 6) is 1.78. The van der Waals surface area contributed by atoms with Crippen LogP contribution in [0.2, 0.25) is 0 Å². The molecule has 2 heterocycles. The Kier molecular flexibility index (Phi) is 4.78. The molecule has 3 aromatic rings. The lowest BCUT2D eigenvalue weighted by Gasteiger charge is -2.13. The molecule has 138 valence electrons. The number of para-hydroxylation sites is 2. The molecule has 6 heteroatoms. The number of imidazole rings is 1. The molecule has 0 bridgehead atoms. The van der Waals surface area contributed by atoms with Gasteiger partial charge in [0.2, 0.25) is 0 Å². The number of urea groups is 1. The Morgan fingerprint density at radius 1 is 1.19 bits per heavy atom. The number of hydrogen-bond acceptors (Lipinski definition) is 3. The molecule has 0 aliphatic carbocycles. The van der Waals surface area contributed by atoms with Crippen LogP contribution >= 0.6 is 0 Å². The average Bonchev–Trinajstić information content (AvgIpc) is 3.27. The Bertz CT molecular complexity index is 964. The van der Waals surface area contributed by atoms with E-state index in [2.05, 4.69) is 20.2 Å². The summed E-state index contributed by atoms with van der Waals surface area (Å²) < 4.78 is 7.79. The minimum Gasteiger partial charge on any atom is -0.492 e. The molecule has 0 atom stereocenters. The molecule has 2 N–H and O–H groups in total. The van der Waals surface area contributed by atoms with Gasteiger partial charge in [0, 0.05) is 24.2 Å². The smallest absolute Gasteiger partial charge is 0.323 e. The lowest BCUT2D eigenvalue weighted by Crippen LogP contribution is -2.20. The Labute approximate surface area is 158 Å². The molecule has 0 fully saturated rings. The van der Waals surface area contributed by atoms with Crippen LogP contribution in [0, 0.1) is 0 Å². The zero-order chi connectivity index (χ0) is 18.6. The van der Waals surface area contributed by atoms with Crippen molar-refractivity contribution in [1.29, 1.82) is 0 Å². The molecule has 2 aromatic carbocycles. The first kappa shape index (κ1) is 17.1. The van der Waals surface area contributed by atoms with Crippen molar-refractivity contribution in [2.75, 3.05) is 17.2 Å². The minimum absolute atomic E-state index is 0.308. The maximum absolute atomic E-state index is 12.4. The summed E-state index contributed by atoms with van der Waals surface area (Å²) in [5.41, 5.74) is 3.51. The van der Waals surface area contributed by atoms with Crippen LogP contribution in [0.5, 0.6) is 5.75 Å². The van der Waals surface area contributed by atoms with E-state index < -0.39 is 0 Å². The molecule has 0 saturated heterocycles. The van der Waals surface area contributed by atoms with Gasteiger partial charge in [-0.25, -0.2) is 9.78 Å². The lowest BCUT2D eigenvalue weighted by molar-refractivity contribution is 0.262. The fourth-order valence-electron chi connectivity index (χ4n) is 3.38. The fraction of sp³-hybridized carbons (Fsp3) is 0.238. The first-order chi connectivity index (χ1) is 13.2. The standard InChI is InChI=1S/C21H22N4O2/c1-2-27-19-10-4-3-9-17(19)24-21(26)23-16-8-5-7-15(13-16)18-14-22-20-11-6-12-25(18)20/h3-5,7-10,13-14H,2,6,11-12H2,1H3,(H2,23,24,26). The maximum atomic E-state index is 12.4. The fourth-order valence-corrected chi connectivity index (χ4v) is 3.38. The Balaban J connectivity index is 1.49. The van der Waals surface area contributed by atoms with Crippen molar-refractivity contribution in [1.82, 2.24) is 9.55 Å². The van der Waals surface area contributed by atoms with E-state index in [4.69, 9.17) is 4.74 Å². The van der Waals surface area contributed by atoms with Crippen LogP contribution in [0.3, 0.4) is 0 Å². The van der Waals surface area contributed by atoms with Crippen molar-refractivity contribution < 1.29 is 9.53 Å². The van der Waals surface area contributed by atoms with E-state index >= 15 is 0 Å². The zero-order valence-corrected chi connectivity index (χ0v) is 15.2. The molecule has 27 heavy (non-hydrogen) atoms. The van der Waals surface area contributed by atoms with Crippen molar-refractivity contribution in [3.63, 3.8) is 0 Å². The number of ether oxygens (including phenoxy) is 1. The van der Waals surface area contributed by atoms with Crippen molar-refractivity contribution in [3.05, 3.63) is 60.6 Å². The van der Waals surface area contributed by atoms with Gasteiger partial charge in [-0.3, -0.25) is 0 Å². The van der Waals surface area contributed by atoms with Crippen LogP contribution < -0.4 is 15.4 Å². The van der Waals surface area contributed by atoms with E-state index in [1.807, 2.05) is 61.7 Å². The molecule has 1 aliphatic heterocycles. The molecule has 2 amide bonds. The topological polar surface area (TPSA) is 68.2 Å². The molecule has 0 unspecified atom stereocenters. The van der Waals surface area contributed by atoms with Gasteiger partial charge >= 0.3 is 6.03 Å². The van der Waals surface area contributed by atoms with Gasteiger partial charge < -0.3 is 19.9 Å². The molecular formula is C21H22N4O2. The molecule has 1 aromatic heterocycles. The highest BCUT2D eigenvalue weighted by molar-refractivity contribution is 6.01. The highest BCUT2D eigenvalue weighted by atomic mass is 16.5. The average molecular weight is 362 g/mol. The maximum Gasteiger partial charge on any atom is 0.323 e. The second kappa shape index (κ2) is 7.53. The lowest BCUT2D eigenvalue weighted by atomic mass is 10.1. The third-order valence-corrected chi connectivity index (χ3v) is 4.57. The third kappa shape index (κ3) is 3.65. The Hall–Kier alpha value is -3.28.